The van der Waals surface area contributed by atoms with Gasteiger partial charge in [0.05, 0.1) is 5.56 Å². The second kappa shape index (κ2) is 8.32. The molecule has 0 atom stereocenters. The number of pyridine rings is 1. The van der Waals surface area contributed by atoms with Crippen molar-refractivity contribution in [3.63, 3.8) is 0 Å². The summed E-state index contributed by atoms with van der Waals surface area (Å²) in [5, 5.41) is 18.8. The van der Waals surface area contributed by atoms with E-state index in [1.54, 1.807) is 24.4 Å². The number of hydrogen-bond acceptors (Lipinski definition) is 5. The molecule has 3 heterocycles. The first kappa shape index (κ1) is 24.3. The van der Waals surface area contributed by atoms with Gasteiger partial charge in [-0.15, -0.1) is 0 Å². The third kappa shape index (κ3) is 3.86. The Morgan fingerprint density at radius 2 is 1.76 bits per heavy atom. The van der Waals surface area contributed by atoms with Crippen LogP contribution in [-0.4, -0.2) is 39.9 Å². The molecular weight excluding hydrogens is 504 g/mol. The number of fused-ring (bicyclic) bond motifs is 2. The highest BCUT2D eigenvalue weighted by atomic mass is 19.4. The number of aromatic amines is 1. The number of rotatable bonds is 4. The summed E-state index contributed by atoms with van der Waals surface area (Å²) in [6, 6.07) is 10.7. The molecule has 0 aliphatic carbocycles. The van der Waals surface area contributed by atoms with E-state index in [-0.39, 0.29) is 28.6 Å². The van der Waals surface area contributed by atoms with Gasteiger partial charge >= 0.3 is 12.4 Å². The third-order valence-corrected chi connectivity index (χ3v) is 6.27. The molecule has 1 aliphatic rings. The molecule has 0 spiro atoms. The molecule has 5 N–H and O–H groups in total. The Labute approximate surface area is 204 Å². The first-order valence-electron chi connectivity index (χ1n) is 10.8. The molecule has 0 bridgehead atoms. The Morgan fingerprint density at radius 1 is 1.00 bits per heavy atom. The van der Waals surface area contributed by atoms with E-state index in [2.05, 4.69) is 25.9 Å². The highest BCUT2D eigenvalue weighted by Crippen LogP contribution is 2.56. The van der Waals surface area contributed by atoms with Crippen LogP contribution >= 0.6 is 0 Å². The number of benzene rings is 2. The van der Waals surface area contributed by atoms with E-state index < -0.39 is 35.8 Å². The Hall–Kier alpha value is -4.42. The van der Waals surface area contributed by atoms with Crippen LogP contribution in [0.1, 0.15) is 15.9 Å². The van der Waals surface area contributed by atoms with E-state index in [4.69, 9.17) is 0 Å². The first-order chi connectivity index (χ1) is 17.4. The topological polar surface area (TPSA) is 102 Å². The highest BCUT2D eigenvalue weighted by Gasteiger charge is 2.73. The van der Waals surface area contributed by atoms with Gasteiger partial charge in [-0.1, -0.05) is 12.1 Å². The molecule has 0 saturated carbocycles. The largest absolute Gasteiger partial charge is 0.494 e. The Bertz CT molecular complexity index is 1500. The molecule has 2 aromatic heterocycles. The van der Waals surface area contributed by atoms with Gasteiger partial charge in [-0.05, 0) is 36.4 Å². The molecule has 37 heavy (non-hydrogen) atoms. The van der Waals surface area contributed by atoms with Gasteiger partial charge in [-0.3, -0.25) is 4.79 Å². The fraction of sp³-hybridized carbons (Fsp3) is 0.167. The lowest BCUT2D eigenvalue weighted by Crippen LogP contribution is -2.55. The van der Waals surface area contributed by atoms with Gasteiger partial charge in [0, 0.05) is 52.3 Å². The lowest BCUT2D eigenvalue weighted by atomic mass is 9.80. The molecule has 0 saturated heterocycles. The molecule has 0 fully saturated rings. The van der Waals surface area contributed by atoms with Crippen LogP contribution in [0.15, 0.2) is 60.9 Å². The van der Waals surface area contributed by atoms with Crippen molar-refractivity contribution in [3.05, 3.63) is 72.1 Å². The van der Waals surface area contributed by atoms with Gasteiger partial charge in [0.15, 0.2) is 5.88 Å². The molecule has 1 amide bonds. The fourth-order valence-corrected chi connectivity index (χ4v) is 4.40. The summed E-state index contributed by atoms with van der Waals surface area (Å²) in [5.41, 5.74) is -4.81. The summed E-state index contributed by atoms with van der Waals surface area (Å²) in [4.78, 5) is 19.9. The number of halogens is 6. The molecule has 1 aliphatic heterocycles. The summed E-state index contributed by atoms with van der Waals surface area (Å²) in [5.74, 6) is -0.598. The molecule has 5 rings (SSSR count). The SMILES string of the molecule is O=C(Nc1ccc2c(c1)NCC2(C(F)(F)F)C(F)(F)F)c1cccnc1Nc1cccc2c(O)[nH]cc12. The summed E-state index contributed by atoms with van der Waals surface area (Å²) >= 11 is 0. The van der Waals surface area contributed by atoms with Crippen molar-refractivity contribution >= 4 is 39.6 Å². The van der Waals surface area contributed by atoms with Crippen molar-refractivity contribution in [2.24, 2.45) is 0 Å². The van der Waals surface area contributed by atoms with Crippen LogP contribution in [0.5, 0.6) is 5.88 Å². The smallest absolute Gasteiger partial charge is 0.409 e. The van der Waals surface area contributed by atoms with Gasteiger partial charge in [0.2, 0.25) is 5.41 Å². The Balaban J connectivity index is 1.43. The fourth-order valence-electron chi connectivity index (χ4n) is 4.40. The Morgan fingerprint density at radius 3 is 2.49 bits per heavy atom. The van der Waals surface area contributed by atoms with Gasteiger partial charge in [-0.25, -0.2) is 4.98 Å². The number of alkyl halides is 6. The van der Waals surface area contributed by atoms with Crippen LogP contribution in [0, 0.1) is 0 Å². The monoisotopic (exact) mass is 521 g/mol. The molecule has 0 unspecified atom stereocenters. The Kier molecular flexibility index (Phi) is 5.46. The summed E-state index contributed by atoms with van der Waals surface area (Å²) in [6.45, 7) is -1.40. The van der Waals surface area contributed by atoms with E-state index >= 15 is 0 Å². The van der Waals surface area contributed by atoms with Crippen LogP contribution in [0.3, 0.4) is 0 Å². The highest BCUT2D eigenvalue weighted by molar-refractivity contribution is 6.09. The normalized spacial score (nSPS) is 14.8. The molecule has 4 aromatic rings. The van der Waals surface area contributed by atoms with Gasteiger partial charge in [-0.2, -0.15) is 26.3 Å². The second-order valence-corrected chi connectivity index (χ2v) is 8.40. The van der Waals surface area contributed by atoms with Crippen LogP contribution in [-0.2, 0) is 5.41 Å². The third-order valence-electron chi connectivity index (χ3n) is 6.27. The zero-order chi connectivity index (χ0) is 26.6. The molecule has 2 aromatic carbocycles. The number of aromatic hydroxyl groups is 1. The van der Waals surface area contributed by atoms with Crippen molar-refractivity contribution in [2.45, 2.75) is 17.8 Å². The van der Waals surface area contributed by atoms with Crippen molar-refractivity contribution in [1.82, 2.24) is 9.97 Å². The maximum atomic E-state index is 13.6. The number of anilines is 4. The number of nitrogens with zero attached hydrogens (tertiary/aromatic N) is 1. The predicted molar refractivity (Wildman–Crippen MR) is 124 cm³/mol. The lowest BCUT2D eigenvalue weighted by Gasteiger charge is -2.33. The van der Waals surface area contributed by atoms with Crippen LogP contribution in [0.4, 0.5) is 49.2 Å². The number of H-pyrrole nitrogens is 1. The predicted octanol–water partition coefficient (Wildman–Crippen LogP) is 6.05. The summed E-state index contributed by atoms with van der Waals surface area (Å²) < 4.78 is 81.5. The lowest BCUT2D eigenvalue weighted by molar-refractivity contribution is -0.296. The van der Waals surface area contributed by atoms with E-state index in [0.29, 0.717) is 22.5 Å². The van der Waals surface area contributed by atoms with E-state index in [1.807, 2.05) is 0 Å². The van der Waals surface area contributed by atoms with Gasteiger partial charge in [0.1, 0.15) is 5.82 Å². The molecule has 7 nitrogen and oxygen atoms in total. The number of nitrogens with one attached hydrogen (secondary N) is 4. The number of hydrogen-bond donors (Lipinski definition) is 5. The maximum Gasteiger partial charge on any atom is 0.409 e. The quantitative estimate of drug-likeness (QED) is 0.211. The van der Waals surface area contributed by atoms with Gasteiger partial charge < -0.3 is 26.0 Å². The summed E-state index contributed by atoms with van der Waals surface area (Å²) in [6.07, 6.45) is -8.16. The average Bonchev–Trinajstić information content (AvgIpc) is 3.41. The van der Waals surface area contributed by atoms with E-state index in [9.17, 15) is 36.2 Å². The minimum Gasteiger partial charge on any atom is -0.494 e. The first-order valence-corrected chi connectivity index (χ1v) is 10.8. The van der Waals surface area contributed by atoms with E-state index in [1.165, 1.54) is 18.3 Å². The van der Waals surface area contributed by atoms with Crippen molar-refractivity contribution in [2.75, 3.05) is 22.5 Å². The van der Waals surface area contributed by atoms with Crippen molar-refractivity contribution < 1.29 is 36.2 Å². The number of carbonyl (C=O) groups excluding carboxylic acids is 1. The minimum absolute atomic E-state index is 0.0103. The van der Waals surface area contributed by atoms with Crippen LogP contribution < -0.4 is 16.0 Å². The molecule has 0 radical (unpaired) electrons. The number of amides is 1. The molecule has 13 heteroatoms. The van der Waals surface area contributed by atoms with Crippen molar-refractivity contribution in [3.8, 4) is 5.88 Å². The zero-order valence-electron chi connectivity index (χ0n) is 18.6. The summed E-state index contributed by atoms with van der Waals surface area (Å²) in [7, 11) is 0. The maximum absolute atomic E-state index is 13.6. The minimum atomic E-state index is -5.58. The molecule has 192 valence electrons. The van der Waals surface area contributed by atoms with Crippen LogP contribution in [0.2, 0.25) is 0 Å². The van der Waals surface area contributed by atoms with Crippen LogP contribution in [0.25, 0.3) is 10.8 Å². The average molecular weight is 521 g/mol. The number of carbonyl (C=O) groups is 1. The second-order valence-electron chi connectivity index (χ2n) is 8.40. The molecular formula is C24H17F6N5O2. The van der Waals surface area contributed by atoms with Crippen molar-refractivity contribution in [1.29, 1.82) is 0 Å². The standard InChI is InChI=1S/C24H17F6N5O2/c25-23(26,27)22(24(28,29)30)11-33-18-9-12(6-7-16(18)22)34-21(37)14-4-2-8-31-19(14)35-17-5-1-3-13-15(17)10-32-20(13)36/h1-10,32-33,36H,11H2,(H,31,35)(H,34,37). The van der Waals surface area contributed by atoms with E-state index in [0.717, 1.165) is 12.1 Å². The zero-order valence-corrected chi connectivity index (χ0v) is 18.6. The number of aromatic nitrogens is 2. The van der Waals surface area contributed by atoms with Gasteiger partial charge in [0.25, 0.3) is 5.91 Å².